The molecule has 0 radical (unpaired) electrons. The Kier molecular flexibility index (Phi) is 5.25. The van der Waals surface area contributed by atoms with Crippen LogP contribution in [-0.4, -0.2) is 16.7 Å². The van der Waals surface area contributed by atoms with Crippen LogP contribution in [0.25, 0.3) is 0 Å². The summed E-state index contributed by atoms with van der Waals surface area (Å²) in [5.74, 6) is -0.251. The molecule has 0 aromatic heterocycles. The third-order valence-corrected chi connectivity index (χ3v) is 4.48. The van der Waals surface area contributed by atoms with Crippen molar-refractivity contribution in [2.75, 3.05) is 11.9 Å². The van der Waals surface area contributed by atoms with Gasteiger partial charge in [0.15, 0.2) is 0 Å². The average Bonchev–Trinajstić information content (AvgIpc) is 2.55. The Morgan fingerprint density at radius 1 is 1.05 bits per heavy atom. The number of anilines is 1. The lowest BCUT2D eigenvalue weighted by atomic mass is 10.2. The maximum absolute atomic E-state index is 12.4. The van der Waals surface area contributed by atoms with Gasteiger partial charge in [-0.1, -0.05) is 19.1 Å². The Hall–Kier alpha value is -1.98. The highest BCUT2D eigenvalue weighted by molar-refractivity contribution is 7.85. The van der Waals surface area contributed by atoms with Crippen molar-refractivity contribution in [1.82, 2.24) is 0 Å². The highest BCUT2D eigenvalue weighted by atomic mass is 32.2. The maximum atomic E-state index is 12.4. The van der Waals surface area contributed by atoms with Gasteiger partial charge in [-0.25, -0.2) is 4.21 Å². The summed E-state index contributed by atoms with van der Waals surface area (Å²) in [4.78, 5) is 12.7. The molecule has 0 spiro atoms. The Labute approximate surface area is 126 Å². The summed E-state index contributed by atoms with van der Waals surface area (Å²) in [6, 6.07) is 14.7. The number of aryl methyl sites for hydroxylation is 1. The summed E-state index contributed by atoms with van der Waals surface area (Å²) in [5.41, 5.74) is 7.10. The lowest BCUT2D eigenvalue weighted by Gasteiger charge is -2.06. The van der Waals surface area contributed by atoms with Crippen LogP contribution in [0.4, 0.5) is 5.69 Å². The minimum atomic E-state index is -1.22. The molecule has 0 aliphatic carbocycles. The second-order valence-corrected chi connectivity index (χ2v) is 6.02. The molecule has 2 aromatic rings. The lowest BCUT2D eigenvalue weighted by molar-refractivity contribution is -0.114. The number of hydrogen-bond acceptors (Lipinski definition) is 3. The zero-order valence-electron chi connectivity index (χ0n) is 11.8. The van der Waals surface area contributed by atoms with Crippen molar-refractivity contribution in [3.05, 3.63) is 54.1 Å². The number of hydrogen-bond donors (Lipinski definition) is 2. The van der Waals surface area contributed by atoms with Crippen LogP contribution in [0.3, 0.4) is 0 Å². The topological polar surface area (TPSA) is 72.2 Å². The molecule has 3 N–H and O–H groups in total. The van der Waals surface area contributed by atoms with Crippen LogP contribution in [0.1, 0.15) is 12.5 Å². The van der Waals surface area contributed by atoms with Crippen LogP contribution in [0.2, 0.25) is 0 Å². The van der Waals surface area contributed by atoms with E-state index in [2.05, 4.69) is 12.2 Å². The maximum Gasteiger partial charge on any atom is 0.238 e. The summed E-state index contributed by atoms with van der Waals surface area (Å²) >= 11 is 0. The highest BCUT2D eigenvalue weighted by Gasteiger charge is 2.07. The molecule has 1 unspecified atom stereocenters. The minimum absolute atomic E-state index is 0.0581. The molecule has 21 heavy (non-hydrogen) atoms. The molecule has 1 amide bonds. The standard InChI is InChI=1S/C16H18N2O2S/c1-2-12-3-7-14(8-4-12)21(20)15-9-5-13(6-10-15)18-16(19)11-17/h3-10H,2,11,17H2,1H3,(H,18,19). The Morgan fingerprint density at radius 2 is 1.57 bits per heavy atom. The quantitative estimate of drug-likeness (QED) is 0.890. The van der Waals surface area contributed by atoms with E-state index < -0.39 is 10.8 Å². The second-order valence-electron chi connectivity index (χ2n) is 4.54. The number of carbonyl (C=O) groups is 1. The molecule has 0 fully saturated rings. The van der Waals surface area contributed by atoms with E-state index in [4.69, 9.17) is 5.73 Å². The first-order valence-electron chi connectivity index (χ1n) is 6.74. The van der Waals surface area contributed by atoms with Gasteiger partial charge in [-0.15, -0.1) is 0 Å². The van der Waals surface area contributed by atoms with Crippen molar-refractivity contribution in [3.63, 3.8) is 0 Å². The highest BCUT2D eigenvalue weighted by Crippen LogP contribution is 2.19. The van der Waals surface area contributed by atoms with E-state index in [0.29, 0.717) is 10.6 Å². The van der Waals surface area contributed by atoms with Gasteiger partial charge >= 0.3 is 0 Å². The first-order valence-corrected chi connectivity index (χ1v) is 7.89. The van der Waals surface area contributed by atoms with Crippen LogP contribution < -0.4 is 11.1 Å². The third kappa shape index (κ3) is 4.00. The van der Waals surface area contributed by atoms with Gasteiger partial charge < -0.3 is 11.1 Å². The fourth-order valence-corrected chi connectivity index (χ4v) is 2.90. The van der Waals surface area contributed by atoms with Gasteiger partial charge in [0.25, 0.3) is 0 Å². The first kappa shape index (κ1) is 15.4. The molecule has 5 heteroatoms. The largest absolute Gasteiger partial charge is 0.325 e. The molecule has 2 rings (SSSR count). The smallest absolute Gasteiger partial charge is 0.238 e. The van der Waals surface area contributed by atoms with Crippen molar-refractivity contribution in [3.8, 4) is 0 Å². The molecule has 0 bridgehead atoms. The second kappa shape index (κ2) is 7.15. The molecule has 0 saturated heterocycles. The number of nitrogens with two attached hydrogens (primary N) is 1. The molecule has 110 valence electrons. The summed E-state index contributed by atoms with van der Waals surface area (Å²) < 4.78 is 12.4. The summed E-state index contributed by atoms with van der Waals surface area (Å²) in [6.45, 7) is 2.03. The van der Waals surface area contributed by atoms with Crippen LogP contribution >= 0.6 is 0 Å². The summed E-state index contributed by atoms with van der Waals surface area (Å²) in [6.07, 6.45) is 0.961. The monoisotopic (exact) mass is 302 g/mol. The van der Waals surface area contributed by atoms with Gasteiger partial charge in [-0.2, -0.15) is 0 Å². The van der Waals surface area contributed by atoms with Gasteiger partial charge in [0.05, 0.1) is 17.3 Å². The van der Waals surface area contributed by atoms with E-state index in [-0.39, 0.29) is 12.5 Å². The third-order valence-electron chi connectivity index (χ3n) is 3.08. The SMILES string of the molecule is CCc1ccc(S(=O)c2ccc(NC(=O)CN)cc2)cc1. The van der Waals surface area contributed by atoms with Crippen molar-refractivity contribution < 1.29 is 9.00 Å². The van der Waals surface area contributed by atoms with Crippen LogP contribution in [0.15, 0.2) is 58.3 Å². The van der Waals surface area contributed by atoms with Gasteiger partial charge in [-0.3, -0.25) is 4.79 Å². The number of benzene rings is 2. The van der Waals surface area contributed by atoms with Crippen molar-refractivity contribution in [1.29, 1.82) is 0 Å². The molecule has 0 aliphatic rings. The van der Waals surface area contributed by atoms with E-state index in [1.54, 1.807) is 24.3 Å². The number of amides is 1. The zero-order valence-corrected chi connectivity index (χ0v) is 12.7. The fourth-order valence-electron chi connectivity index (χ4n) is 1.86. The Bertz CT molecular complexity index is 636. The summed E-state index contributed by atoms with van der Waals surface area (Å²) in [7, 11) is -1.22. The predicted octanol–water partition coefficient (Wildman–Crippen LogP) is 2.31. The normalized spacial score (nSPS) is 11.9. The molecule has 2 aromatic carbocycles. The number of carbonyl (C=O) groups excluding carboxylic acids is 1. The molecule has 0 heterocycles. The Morgan fingerprint density at radius 3 is 2.05 bits per heavy atom. The van der Waals surface area contributed by atoms with E-state index >= 15 is 0 Å². The van der Waals surface area contributed by atoms with Gasteiger partial charge in [-0.05, 0) is 48.4 Å². The van der Waals surface area contributed by atoms with Gasteiger partial charge in [0, 0.05) is 15.5 Å². The predicted molar refractivity (Wildman–Crippen MR) is 84.6 cm³/mol. The molecule has 0 saturated carbocycles. The Balaban J connectivity index is 2.13. The minimum Gasteiger partial charge on any atom is -0.325 e. The molecular formula is C16H18N2O2S. The van der Waals surface area contributed by atoms with Crippen molar-refractivity contribution >= 4 is 22.4 Å². The van der Waals surface area contributed by atoms with Crippen molar-refractivity contribution in [2.24, 2.45) is 5.73 Å². The first-order chi connectivity index (χ1) is 10.1. The molecule has 1 atom stereocenters. The number of rotatable bonds is 5. The lowest BCUT2D eigenvalue weighted by Crippen LogP contribution is -2.21. The summed E-state index contributed by atoms with van der Waals surface area (Å²) in [5, 5.41) is 2.65. The van der Waals surface area contributed by atoms with Crippen molar-refractivity contribution in [2.45, 2.75) is 23.1 Å². The average molecular weight is 302 g/mol. The fraction of sp³-hybridized carbons (Fsp3) is 0.188. The number of nitrogens with one attached hydrogen (secondary N) is 1. The van der Waals surface area contributed by atoms with Gasteiger partial charge in [0.2, 0.25) is 5.91 Å². The molecule has 4 nitrogen and oxygen atoms in total. The van der Waals surface area contributed by atoms with Crippen LogP contribution in [0, 0.1) is 0 Å². The molecule has 0 aliphatic heterocycles. The van der Waals surface area contributed by atoms with E-state index in [1.165, 1.54) is 5.56 Å². The van der Waals surface area contributed by atoms with E-state index in [1.807, 2.05) is 24.3 Å². The van der Waals surface area contributed by atoms with E-state index in [9.17, 15) is 9.00 Å². The van der Waals surface area contributed by atoms with E-state index in [0.717, 1.165) is 11.3 Å². The molecular weight excluding hydrogens is 284 g/mol. The van der Waals surface area contributed by atoms with Crippen LogP contribution in [-0.2, 0) is 22.0 Å². The van der Waals surface area contributed by atoms with Gasteiger partial charge in [0.1, 0.15) is 0 Å². The zero-order chi connectivity index (χ0) is 15.2. The van der Waals surface area contributed by atoms with Crippen LogP contribution in [0.5, 0.6) is 0 Å².